The number of hydrogen-bond acceptors (Lipinski definition) is 2. The van der Waals surface area contributed by atoms with Gasteiger partial charge in [-0.15, -0.1) is 11.3 Å². The van der Waals surface area contributed by atoms with Crippen LogP contribution in [-0.2, 0) is 17.4 Å². The lowest BCUT2D eigenvalue weighted by Gasteiger charge is -2.08. The molecule has 0 radical (unpaired) electrons. The summed E-state index contributed by atoms with van der Waals surface area (Å²) in [6.45, 7) is 1.54. The molecular formula is C13H11F3O2S. The number of carboxylic acids is 1. The van der Waals surface area contributed by atoms with E-state index in [1.165, 1.54) is 17.4 Å². The molecule has 0 fully saturated rings. The highest BCUT2D eigenvalue weighted by Crippen LogP contribution is 2.35. The van der Waals surface area contributed by atoms with Crippen LogP contribution in [0.15, 0.2) is 23.6 Å². The second-order valence-corrected chi connectivity index (χ2v) is 5.32. The molecule has 19 heavy (non-hydrogen) atoms. The van der Waals surface area contributed by atoms with Crippen molar-refractivity contribution in [3.05, 3.63) is 34.7 Å². The highest BCUT2D eigenvalue weighted by atomic mass is 32.1. The monoisotopic (exact) mass is 288 g/mol. The van der Waals surface area contributed by atoms with E-state index in [2.05, 4.69) is 0 Å². The molecule has 0 aliphatic carbocycles. The fourth-order valence-electron chi connectivity index (χ4n) is 1.83. The maximum absolute atomic E-state index is 12.7. The topological polar surface area (TPSA) is 37.3 Å². The van der Waals surface area contributed by atoms with E-state index < -0.39 is 23.6 Å². The molecule has 0 amide bonds. The quantitative estimate of drug-likeness (QED) is 0.919. The number of carbonyl (C=O) groups is 1. The molecule has 1 aromatic heterocycles. The smallest absolute Gasteiger partial charge is 0.416 e. The number of hydrogen-bond donors (Lipinski definition) is 1. The molecule has 102 valence electrons. The number of halogens is 3. The Morgan fingerprint density at radius 2 is 2.11 bits per heavy atom. The van der Waals surface area contributed by atoms with E-state index in [0.717, 1.165) is 16.8 Å². The molecule has 0 aliphatic heterocycles. The lowest BCUT2D eigenvalue weighted by molar-refractivity contribution is -0.141. The molecule has 6 heteroatoms. The minimum absolute atomic E-state index is 0.233. The zero-order valence-corrected chi connectivity index (χ0v) is 10.8. The molecular weight excluding hydrogens is 277 g/mol. The van der Waals surface area contributed by atoms with Crippen molar-refractivity contribution in [3.8, 4) is 0 Å². The molecule has 2 nitrogen and oxygen atoms in total. The lowest BCUT2D eigenvalue weighted by Crippen LogP contribution is -2.12. The van der Waals surface area contributed by atoms with Crippen LogP contribution in [0.2, 0.25) is 0 Å². The van der Waals surface area contributed by atoms with Crippen LogP contribution in [0.3, 0.4) is 0 Å². The molecule has 0 bridgehead atoms. The van der Waals surface area contributed by atoms with Crippen molar-refractivity contribution in [2.75, 3.05) is 0 Å². The Kier molecular flexibility index (Phi) is 3.54. The van der Waals surface area contributed by atoms with Crippen LogP contribution in [0.5, 0.6) is 0 Å². The number of alkyl halides is 3. The van der Waals surface area contributed by atoms with Crippen LogP contribution in [0.1, 0.15) is 18.1 Å². The fourth-order valence-corrected chi connectivity index (χ4v) is 2.79. The summed E-state index contributed by atoms with van der Waals surface area (Å²) in [5.74, 6) is -1.57. The second kappa shape index (κ2) is 4.85. The summed E-state index contributed by atoms with van der Waals surface area (Å²) in [4.78, 5) is 10.8. The van der Waals surface area contributed by atoms with Crippen molar-refractivity contribution in [1.82, 2.24) is 0 Å². The number of benzene rings is 1. The molecule has 0 aliphatic rings. The van der Waals surface area contributed by atoms with Crippen molar-refractivity contribution in [1.29, 1.82) is 0 Å². The molecule has 2 aromatic rings. The lowest BCUT2D eigenvalue weighted by atomic mass is 10.00. The van der Waals surface area contributed by atoms with Crippen LogP contribution >= 0.6 is 11.3 Å². The Hall–Kier alpha value is -1.56. The third-order valence-corrected chi connectivity index (χ3v) is 3.94. The number of fused-ring (bicyclic) bond motifs is 1. The van der Waals surface area contributed by atoms with Crippen LogP contribution in [0.25, 0.3) is 10.1 Å². The first-order valence-corrected chi connectivity index (χ1v) is 6.47. The van der Waals surface area contributed by atoms with Crippen LogP contribution in [-0.4, -0.2) is 11.1 Å². The maximum atomic E-state index is 12.7. The zero-order valence-electron chi connectivity index (χ0n) is 9.99. The van der Waals surface area contributed by atoms with Gasteiger partial charge in [-0.25, -0.2) is 0 Å². The van der Waals surface area contributed by atoms with E-state index in [4.69, 9.17) is 5.11 Å². The minimum atomic E-state index is -4.38. The maximum Gasteiger partial charge on any atom is 0.416 e. The Bertz CT molecular complexity index is 616. The van der Waals surface area contributed by atoms with Gasteiger partial charge >= 0.3 is 12.1 Å². The van der Waals surface area contributed by atoms with Gasteiger partial charge in [0.1, 0.15) is 0 Å². The van der Waals surface area contributed by atoms with E-state index in [-0.39, 0.29) is 6.42 Å². The van der Waals surface area contributed by atoms with Gasteiger partial charge < -0.3 is 5.11 Å². The highest BCUT2D eigenvalue weighted by molar-refractivity contribution is 7.17. The molecule has 1 N–H and O–H groups in total. The Morgan fingerprint density at radius 1 is 1.42 bits per heavy atom. The van der Waals surface area contributed by atoms with Gasteiger partial charge in [-0.1, -0.05) is 6.92 Å². The molecule has 0 saturated carbocycles. The van der Waals surface area contributed by atoms with E-state index >= 15 is 0 Å². The second-order valence-electron chi connectivity index (χ2n) is 4.41. The first-order valence-electron chi connectivity index (χ1n) is 5.59. The van der Waals surface area contributed by atoms with Crippen molar-refractivity contribution in [3.63, 3.8) is 0 Å². The van der Waals surface area contributed by atoms with E-state index in [1.807, 2.05) is 0 Å². The Balaban J connectivity index is 2.43. The summed E-state index contributed by atoms with van der Waals surface area (Å²) in [5.41, 5.74) is -0.0522. The average Bonchev–Trinajstić information content (AvgIpc) is 2.70. The summed E-state index contributed by atoms with van der Waals surface area (Å²) in [7, 11) is 0. The Morgan fingerprint density at radius 3 is 2.68 bits per heavy atom. The summed E-state index contributed by atoms with van der Waals surface area (Å²) in [5, 5.41) is 11.1. The van der Waals surface area contributed by atoms with Gasteiger partial charge in [-0.2, -0.15) is 13.2 Å². The summed E-state index contributed by atoms with van der Waals surface area (Å²) < 4.78 is 38.7. The van der Waals surface area contributed by atoms with Gasteiger partial charge in [0.2, 0.25) is 0 Å². The average molecular weight is 288 g/mol. The van der Waals surface area contributed by atoms with Crippen LogP contribution < -0.4 is 0 Å². The summed E-state index contributed by atoms with van der Waals surface area (Å²) in [6, 6.07) is 3.57. The van der Waals surface area contributed by atoms with Gasteiger partial charge in [-0.3, -0.25) is 4.79 Å². The van der Waals surface area contributed by atoms with Gasteiger partial charge in [0.15, 0.2) is 0 Å². The van der Waals surface area contributed by atoms with Crippen molar-refractivity contribution in [2.24, 2.45) is 5.92 Å². The normalized spacial score (nSPS) is 13.7. The number of thiophene rings is 1. The molecule has 1 heterocycles. The Labute approximate surface area is 111 Å². The largest absolute Gasteiger partial charge is 0.481 e. The van der Waals surface area contributed by atoms with Gasteiger partial charge in [-0.05, 0) is 40.9 Å². The first-order chi connectivity index (χ1) is 8.79. The molecule has 2 rings (SSSR count). The van der Waals surface area contributed by atoms with Crippen molar-refractivity contribution < 1.29 is 23.1 Å². The van der Waals surface area contributed by atoms with Crippen molar-refractivity contribution >= 4 is 27.4 Å². The summed E-state index contributed by atoms with van der Waals surface area (Å²) >= 11 is 1.33. The van der Waals surface area contributed by atoms with Gasteiger partial charge in [0.25, 0.3) is 0 Å². The third kappa shape index (κ3) is 2.89. The molecule has 0 spiro atoms. The van der Waals surface area contributed by atoms with Crippen LogP contribution in [0.4, 0.5) is 13.2 Å². The van der Waals surface area contributed by atoms with Gasteiger partial charge in [0, 0.05) is 4.70 Å². The number of aliphatic carboxylic acids is 1. The fraction of sp³-hybridized carbons (Fsp3) is 0.308. The summed E-state index contributed by atoms with van der Waals surface area (Å²) in [6.07, 6.45) is -4.15. The minimum Gasteiger partial charge on any atom is -0.481 e. The van der Waals surface area contributed by atoms with E-state index in [0.29, 0.717) is 10.9 Å². The predicted molar refractivity (Wildman–Crippen MR) is 67.3 cm³/mol. The highest BCUT2D eigenvalue weighted by Gasteiger charge is 2.30. The SMILES string of the molecule is CC(Cc1csc2ccc(C(F)(F)F)cc12)C(=O)O. The zero-order chi connectivity index (χ0) is 14.2. The first kappa shape index (κ1) is 13.9. The predicted octanol–water partition coefficient (Wildman–Crippen LogP) is 4.18. The molecule has 0 saturated heterocycles. The molecule has 1 atom stereocenters. The standard InChI is InChI=1S/C13H11F3O2S/c1-7(12(17)18)4-8-6-19-11-3-2-9(5-10(8)11)13(14,15)16/h2-3,5-7H,4H2,1H3,(H,17,18). The number of carboxylic acid groups (broad SMARTS) is 1. The van der Waals surface area contributed by atoms with E-state index in [9.17, 15) is 18.0 Å². The van der Waals surface area contributed by atoms with E-state index in [1.54, 1.807) is 12.3 Å². The van der Waals surface area contributed by atoms with Crippen molar-refractivity contribution in [2.45, 2.75) is 19.5 Å². The molecule has 1 unspecified atom stereocenters. The number of rotatable bonds is 3. The molecule has 1 aromatic carbocycles. The van der Waals surface area contributed by atoms with Crippen LogP contribution in [0, 0.1) is 5.92 Å². The van der Waals surface area contributed by atoms with Gasteiger partial charge in [0.05, 0.1) is 11.5 Å². The third-order valence-electron chi connectivity index (χ3n) is 2.93.